The highest BCUT2D eigenvalue weighted by atomic mass is 32.1. The summed E-state index contributed by atoms with van der Waals surface area (Å²) in [6.07, 6.45) is 0.733. The molecule has 0 spiro atoms. The molecule has 6 nitrogen and oxygen atoms in total. The van der Waals surface area contributed by atoms with Crippen molar-refractivity contribution >= 4 is 22.4 Å². The van der Waals surface area contributed by atoms with Crippen LogP contribution < -0.4 is 10.6 Å². The fourth-order valence-electron chi connectivity index (χ4n) is 3.48. The van der Waals surface area contributed by atoms with Gasteiger partial charge in [-0.3, -0.25) is 9.78 Å². The Hall–Kier alpha value is -2.94. The predicted octanol–water partition coefficient (Wildman–Crippen LogP) is 3.30. The average molecular weight is 401 g/mol. The number of hydrogen-bond acceptors (Lipinski definition) is 6. The zero-order valence-corrected chi connectivity index (χ0v) is 15.8. The molecule has 0 saturated heterocycles. The Bertz CT molecular complexity index is 1030. The second-order valence-electron chi connectivity index (χ2n) is 6.76. The van der Waals surface area contributed by atoms with Gasteiger partial charge in [0.2, 0.25) is 11.0 Å². The lowest BCUT2D eigenvalue weighted by atomic mass is 9.71. The minimum atomic E-state index is -1.02. The first-order chi connectivity index (χ1) is 13.4. The largest absolute Gasteiger partial charge is 0.366 e. The lowest BCUT2D eigenvalue weighted by Crippen LogP contribution is -2.55. The van der Waals surface area contributed by atoms with Gasteiger partial charge in [-0.15, -0.1) is 10.2 Å². The van der Waals surface area contributed by atoms with E-state index in [0.717, 1.165) is 0 Å². The van der Waals surface area contributed by atoms with E-state index in [2.05, 4.69) is 15.2 Å². The van der Waals surface area contributed by atoms with Crippen LogP contribution in [0, 0.1) is 5.82 Å². The summed E-state index contributed by atoms with van der Waals surface area (Å²) in [5.74, 6) is -1.00. The monoisotopic (exact) mass is 401 g/mol. The summed E-state index contributed by atoms with van der Waals surface area (Å²) >= 11 is 1.27. The number of pyridine rings is 1. The molecule has 2 N–H and O–H groups in total. The van der Waals surface area contributed by atoms with E-state index in [-0.39, 0.29) is 18.5 Å². The van der Waals surface area contributed by atoms with Crippen LogP contribution in [0.4, 0.5) is 13.9 Å². The van der Waals surface area contributed by atoms with Crippen molar-refractivity contribution in [3.8, 4) is 10.6 Å². The molecule has 1 aliphatic carbocycles. The van der Waals surface area contributed by atoms with Crippen molar-refractivity contribution in [3.63, 3.8) is 0 Å². The third kappa shape index (κ3) is 3.01. The molecule has 4 rings (SSSR count). The van der Waals surface area contributed by atoms with Crippen LogP contribution in [0.25, 0.3) is 10.6 Å². The van der Waals surface area contributed by atoms with E-state index >= 15 is 0 Å². The highest BCUT2D eigenvalue weighted by Crippen LogP contribution is 2.49. The third-order valence-electron chi connectivity index (χ3n) is 5.05. The van der Waals surface area contributed by atoms with Gasteiger partial charge in [0.25, 0.3) is 0 Å². The van der Waals surface area contributed by atoms with Crippen molar-refractivity contribution in [3.05, 3.63) is 59.7 Å². The number of alkyl halides is 1. The third-order valence-corrected chi connectivity index (χ3v) is 6.10. The molecule has 0 atom stereocenters. The maximum atomic E-state index is 14.4. The Balaban J connectivity index is 1.69. The van der Waals surface area contributed by atoms with E-state index in [9.17, 15) is 13.6 Å². The fraction of sp³-hybridized carbons (Fsp3) is 0.263. The number of amides is 1. The van der Waals surface area contributed by atoms with Crippen LogP contribution in [-0.2, 0) is 5.54 Å². The average Bonchev–Trinajstić information content (AvgIpc) is 3.15. The molecule has 0 radical (unpaired) electrons. The lowest BCUT2D eigenvalue weighted by molar-refractivity contribution is 0.0870. The summed E-state index contributed by atoms with van der Waals surface area (Å²) in [6, 6.07) is 9.60. The Kier molecular flexibility index (Phi) is 4.54. The summed E-state index contributed by atoms with van der Waals surface area (Å²) in [7, 11) is 1.74. The first-order valence-electron chi connectivity index (χ1n) is 8.63. The molecule has 1 fully saturated rings. The molecule has 2 heterocycles. The lowest BCUT2D eigenvalue weighted by Gasteiger charge is -2.49. The molecule has 0 aliphatic heterocycles. The van der Waals surface area contributed by atoms with Crippen LogP contribution in [0.15, 0.2) is 42.6 Å². The van der Waals surface area contributed by atoms with Crippen LogP contribution in [-0.4, -0.2) is 34.3 Å². The molecule has 1 aromatic carbocycles. The van der Waals surface area contributed by atoms with Crippen LogP contribution in [0.2, 0.25) is 0 Å². The molecule has 9 heteroatoms. The van der Waals surface area contributed by atoms with E-state index in [0.29, 0.717) is 21.3 Å². The smallest absolute Gasteiger partial charge is 0.248 e. The van der Waals surface area contributed by atoms with Gasteiger partial charge >= 0.3 is 0 Å². The summed E-state index contributed by atoms with van der Waals surface area (Å²) in [6.45, 7) is 0. The molecular formula is C19H17F2N5OS. The van der Waals surface area contributed by atoms with Crippen LogP contribution in [0.3, 0.4) is 0 Å². The Labute approximate surface area is 164 Å². The molecule has 3 aromatic rings. The number of carbonyl (C=O) groups is 1. The number of nitrogens with two attached hydrogens (primary N) is 1. The van der Waals surface area contributed by atoms with Crippen LogP contribution >= 0.6 is 11.3 Å². The van der Waals surface area contributed by atoms with E-state index < -0.39 is 23.4 Å². The standard InChI is InChI=1S/C19H17F2N5OS/c1-26(19(9-13(20)10-19)15-14(21)6-3-7-23-15)18-25-24-17(28-18)12-5-2-4-11(8-12)16(22)27/h2-8,13H,9-10H2,1H3,(H2,22,27)/t13-,19+. The molecule has 28 heavy (non-hydrogen) atoms. The number of hydrogen-bond donors (Lipinski definition) is 1. The first kappa shape index (κ1) is 18.4. The Morgan fingerprint density at radius 3 is 2.75 bits per heavy atom. The fourth-order valence-corrected chi connectivity index (χ4v) is 4.38. The molecule has 0 bridgehead atoms. The van der Waals surface area contributed by atoms with Crippen LogP contribution in [0.5, 0.6) is 0 Å². The molecule has 1 saturated carbocycles. The summed E-state index contributed by atoms with van der Waals surface area (Å²) in [5, 5.41) is 9.47. The van der Waals surface area contributed by atoms with Gasteiger partial charge in [0, 0.05) is 37.2 Å². The van der Waals surface area contributed by atoms with Gasteiger partial charge in [0.15, 0.2) is 0 Å². The molecule has 1 amide bonds. The van der Waals surface area contributed by atoms with Crippen molar-refractivity contribution in [1.82, 2.24) is 15.2 Å². The molecule has 0 unspecified atom stereocenters. The number of rotatable bonds is 5. The van der Waals surface area contributed by atoms with E-state index in [4.69, 9.17) is 5.73 Å². The van der Waals surface area contributed by atoms with Crippen molar-refractivity contribution in [1.29, 1.82) is 0 Å². The van der Waals surface area contributed by atoms with Gasteiger partial charge in [-0.1, -0.05) is 23.5 Å². The number of anilines is 1. The van der Waals surface area contributed by atoms with Gasteiger partial charge < -0.3 is 10.6 Å². The SMILES string of the molecule is CN(c1nnc(-c2cccc(C(N)=O)c2)s1)[C@]1(c2ncccc2F)C[C@H](F)C1. The molecule has 144 valence electrons. The number of aromatic nitrogens is 3. The maximum absolute atomic E-state index is 14.4. The minimum Gasteiger partial charge on any atom is -0.366 e. The normalized spacial score (nSPS) is 21.2. The number of benzene rings is 1. The van der Waals surface area contributed by atoms with Crippen molar-refractivity contribution in [2.24, 2.45) is 5.73 Å². The molecular weight excluding hydrogens is 384 g/mol. The predicted molar refractivity (Wildman–Crippen MR) is 102 cm³/mol. The number of carbonyl (C=O) groups excluding carboxylic acids is 1. The molecule has 1 aliphatic rings. The van der Waals surface area contributed by atoms with E-state index in [1.165, 1.54) is 29.7 Å². The maximum Gasteiger partial charge on any atom is 0.248 e. The van der Waals surface area contributed by atoms with E-state index in [1.54, 1.807) is 36.2 Å². The Morgan fingerprint density at radius 2 is 2.07 bits per heavy atom. The summed E-state index contributed by atoms with van der Waals surface area (Å²) in [5.41, 5.74) is 5.70. The first-order valence-corrected chi connectivity index (χ1v) is 9.45. The van der Waals surface area contributed by atoms with Gasteiger partial charge in [-0.2, -0.15) is 0 Å². The van der Waals surface area contributed by atoms with Gasteiger partial charge in [-0.25, -0.2) is 8.78 Å². The van der Waals surface area contributed by atoms with Crippen molar-refractivity contribution in [2.45, 2.75) is 24.6 Å². The van der Waals surface area contributed by atoms with Crippen molar-refractivity contribution < 1.29 is 13.6 Å². The number of primary amides is 1. The minimum absolute atomic E-state index is 0.128. The number of nitrogens with zero attached hydrogens (tertiary/aromatic N) is 4. The summed E-state index contributed by atoms with van der Waals surface area (Å²) in [4.78, 5) is 17.3. The Morgan fingerprint density at radius 1 is 1.29 bits per heavy atom. The number of halogens is 2. The van der Waals surface area contributed by atoms with Crippen molar-refractivity contribution in [2.75, 3.05) is 11.9 Å². The van der Waals surface area contributed by atoms with Gasteiger partial charge in [0.1, 0.15) is 22.7 Å². The van der Waals surface area contributed by atoms with Gasteiger partial charge in [0.05, 0.1) is 5.54 Å². The second-order valence-corrected chi connectivity index (χ2v) is 7.72. The summed E-state index contributed by atoms with van der Waals surface area (Å²) < 4.78 is 28.3. The highest BCUT2D eigenvalue weighted by molar-refractivity contribution is 7.18. The second kappa shape index (κ2) is 6.90. The zero-order valence-electron chi connectivity index (χ0n) is 15.0. The zero-order chi connectivity index (χ0) is 19.9. The van der Waals surface area contributed by atoms with Crippen LogP contribution in [0.1, 0.15) is 28.9 Å². The van der Waals surface area contributed by atoms with Gasteiger partial charge in [-0.05, 0) is 24.3 Å². The quantitative estimate of drug-likeness (QED) is 0.709. The molecule has 2 aromatic heterocycles. The topological polar surface area (TPSA) is 85.0 Å². The van der Waals surface area contributed by atoms with E-state index in [1.807, 2.05) is 0 Å². The highest BCUT2D eigenvalue weighted by Gasteiger charge is 2.52.